The molecule has 1 saturated heterocycles. The van der Waals surface area contributed by atoms with Crippen LogP contribution >= 0.6 is 0 Å². The molecule has 1 aliphatic heterocycles. The number of hydrogen-bond donors (Lipinski definition) is 2. The highest BCUT2D eigenvalue weighted by Gasteiger charge is 2.27. The van der Waals surface area contributed by atoms with Gasteiger partial charge in [-0.05, 0) is 49.7 Å². The van der Waals surface area contributed by atoms with E-state index < -0.39 is 26.0 Å². The summed E-state index contributed by atoms with van der Waals surface area (Å²) in [6, 6.07) is 11.9. The number of rotatable bonds is 8. The van der Waals surface area contributed by atoms with E-state index in [9.17, 15) is 21.6 Å². The summed E-state index contributed by atoms with van der Waals surface area (Å²) in [4.78, 5) is 12.8. The van der Waals surface area contributed by atoms with Crippen molar-refractivity contribution in [2.24, 2.45) is 0 Å². The first-order valence-electron chi connectivity index (χ1n) is 10.2. The fourth-order valence-corrected chi connectivity index (χ4v) is 5.99. The first-order chi connectivity index (χ1) is 15.1. The number of hydrogen-bond acceptors (Lipinski definition) is 6. The Kier molecular flexibility index (Phi) is 7.67. The number of nitrogens with zero attached hydrogens (tertiary/aromatic N) is 1. The van der Waals surface area contributed by atoms with E-state index in [1.165, 1.54) is 40.7 Å². The van der Waals surface area contributed by atoms with Crippen molar-refractivity contribution in [1.82, 2.24) is 14.3 Å². The minimum absolute atomic E-state index is 0.0416. The van der Waals surface area contributed by atoms with E-state index in [1.54, 1.807) is 26.0 Å². The molecule has 0 unspecified atom stereocenters. The van der Waals surface area contributed by atoms with Gasteiger partial charge >= 0.3 is 0 Å². The van der Waals surface area contributed by atoms with E-state index in [4.69, 9.17) is 4.74 Å². The van der Waals surface area contributed by atoms with Crippen molar-refractivity contribution in [1.29, 1.82) is 0 Å². The van der Waals surface area contributed by atoms with E-state index in [-0.39, 0.29) is 41.0 Å². The van der Waals surface area contributed by atoms with Crippen LogP contribution in [0.4, 0.5) is 0 Å². The van der Waals surface area contributed by atoms with Crippen LogP contribution in [0.2, 0.25) is 0 Å². The molecule has 32 heavy (non-hydrogen) atoms. The molecule has 2 aromatic carbocycles. The third-order valence-electron chi connectivity index (χ3n) is 4.76. The number of nitrogens with one attached hydrogen (secondary N) is 2. The van der Waals surface area contributed by atoms with Crippen LogP contribution in [0, 0.1) is 0 Å². The smallest absolute Gasteiger partial charge is 0.251 e. The average Bonchev–Trinajstić information content (AvgIpc) is 2.77. The monoisotopic (exact) mass is 481 g/mol. The van der Waals surface area contributed by atoms with E-state index >= 15 is 0 Å². The number of benzene rings is 2. The van der Waals surface area contributed by atoms with Crippen LogP contribution in [-0.4, -0.2) is 59.4 Å². The second-order valence-electron chi connectivity index (χ2n) is 7.65. The fourth-order valence-electron chi connectivity index (χ4n) is 3.22. The van der Waals surface area contributed by atoms with Crippen molar-refractivity contribution < 1.29 is 26.4 Å². The number of amides is 1. The molecule has 0 bridgehead atoms. The molecule has 174 valence electrons. The summed E-state index contributed by atoms with van der Waals surface area (Å²) >= 11 is 0. The highest BCUT2D eigenvalue weighted by Crippen LogP contribution is 2.19. The number of morpholine rings is 1. The van der Waals surface area contributed by atoms with Crippen LogP contribution in [0.25, 0.3) is 0 Å². The summed E-state index contributed by atoms with van der Waals surface area (Å²) in [6.45, 7) is 4.75. The molecule has 9 nitrogen and oxygen atoms in total. The minimum atomic E-state index is -3.72. The van der Waals surface area contributed by atoms with Gasteiger partial charge in [-0.3, -0.25) is 4.79 Å². The lowest BCUT2D eigenvalue weighted by molar-refractivity contribution is 0.0730. The van der Waals surface area contributed by atoms with Crippen LogP contribution in [0.1, 0.15) is 29.8 Å². The SMILES string of the molecule is CC(C)NS(=O)(=O)c1cccc(CNC(=O)c2cccc(S(=O)(=O)N3CCOCC3)c2)c1. The lowest BCUT2D eigenvalue weighted by Crippen LogP contribution is -2.40. The largest absolute Gasteiger partial charge is 0.379 e. The van der Waals surface area contributed by atoms with Gasteiger partial charge in [0.15, 0.2) is 0 Å². The molecule has 0 aromatic heterocycles. The average molecular weight is 482 g/mol. The van der Waals surface area contributed by atoms with Crippen molar-refractivity contribution in [2.75, 3.05) is 26.3 Å². The number of sulfonamides is 2. The maximum absolute atomic E-state index is 12.8. The number of ether oxygens (including phenoxy) is 1. The molecule has 2 aromatic rings. The Morgan fingerprint density at radius 1 is 1.00 bits per heavy atom. The number of carbonyl (C=O) groups is 1. The van der Waals surface area contributed by atoms with Crippen molar-refractivity contribution in [2.45, 2.75) is 36.2 Å². The quantitative estimate of drug-likeness (QED) is 0.587. The van der Waals surface area contributed by atoms with E-state index in [2.05, 4.69) is 10.0 Å². The zero-order valence-corrected chi connectivity index (χ0v) is 19.6. The molecule has 11 heteroatoms. The molecule has 0 radical (unpaired) electrons. The summed E-state index contributed by atoms with van der Waals surface area (Å²) in [5.41, 5.74) is 0.798. The number of carbonyl (C=O) groups excluding carboxylic acids is 1. The van der Waals surface area contributed by atoms with Gasteiger partial charge in [-0.1, -0.05) is 18.2 Å². The van der Waals surface area contributed by atoms with Crippen molar-refractivity contribution in [3.05, 3.63) is 59.7 Å². The lowest BCUT2D eigenvalue weighted by Gasteiger charge is -2.26. The minimum Gasteiger partial charge on any atom is -0.379 e. The van der Waals surface area contributed by atoms with Crippen LogP contribution in [0.15, 0.2) is 58.3 Å². The van der Waals surface area contributed by atoms with Crippen molar-refractivity contribution in [3.8, 4) is 0 Å². The zero-order valence-electron chi connectivity index (χ0n) is 17.9. The fraction of sp³-hybridized carbons (Fsp3) is 0.381. The molecular weight excluding hydrogens is 454 g/mol. The molecule has 2 N–H and O–H groups in total. The van der Waals surface area contributed by atoms with Crippen molar-refractivity contribution >= 4 is 26.0 Å². The van der Waals surface area contributed by atoms with Crippen LogP contribution < -0.4 is 10.0 Å². The highest BCUT2D eigenvalue weighted by molar-refractivity contribution is 7.89. The summed E-state index contributed by atoms with van der Waals surface area (Å²) < 4.78 is 59.4. The van der Waals surface area contributed by atoms with Gasteiger partial charge in [-0.2, -0.15) is 4.31 Å². The lowest BCUT2D eigenvalue weighted by atomic mass is 10.2. The van der Waals surface area contributed by atoms with Crippen LogP contribution in [0.3, 0.4) is 0 Å². The molecule has 1 aliphatic rings. The summed E-state index contributed by atoms with van der Waals surface area (Å²) in [5, 5.41) is 2.71. The molecule has 1 fully saturated rings. The topological polar surface area (TPSA) is 122 Å². The second kappa shape index (κ2) is 10.1. The van der Waals surface area contributed by atoms with Gasteiger partial charge in [0.1, 0.15) is 0 Å². The molecule has 3 rings (SSSR count). The van der Waals surface area contributed by atoms with Crippen LogP contribution in [-0.2, 0) is 31.3 Å². The predicted octanol–water partition coefficient (Wildman–Crippen LogP) is 1.32. The molecule has 0 aliphatic carbocycles. The molecule has 1 amide bonds. The maximum atomic E-state index is 12.8. The summed E-state index contributed by atoms with van der Waals surface area (Å²) in [5.74, 6) is -0.461. The zero-order chi connectivity index (χ0) is 23.4. The Labute approximate surface area is 188 Å². The van der Waals surface area contributed by atoms with Gasteiger partial charge in [-0.15, -0.1) is 0 Å². The standard InChI is InChI=1S/C21H27N3O6S2/c1-16(2)23-31(26,27)19-7-3-5-17(13-19)15-22-21(25)18-6-4-8-20(14-18)32(28,29)24-9-11-30-12-10-24/h3-8,13-14,16,23H,9-12,15H2,1-2H3,(H,22,25). The van der Waals surface area contributed by atoms with Crippen molar-refractivity contribution in [3.63, 3.8) is 0 Å². The van der Waals surface area contributed by atoms with Crippen LogP contribution in [0.5, 0.6) is 0 Å². The van der Waals surface area contributed by atoms with E-state index in [1.807, 2.05) is 0 Å². The first kappa shape index (κ1) is 24.3. The Morgan fingerprint density at radius 2 is 1.66 bits per heavy atom. The third kappa shape index (κ3) is 5.93. The molecular formula is C21H27N3O6S2. The third-order valence-corrected chi connectivity index (χ3v) is 8.31. The Morgan fingerprint density at radius 3 is 2.34 bits per heavy atom. The molecule has 0 atom stereocenters. The summed E-state index contributed by atoms with van der Waals surface area (Å²) in [7, 11) is -7.37. The normalized spacial score (nSPS) is 15.6. The summed E-state index contributed by atoms with van der Waals surface area (Å²) in [6.07, 6.45) is 0. The highest BCUT2D eigenvalue weighted by atomic mass is 32.2. The van der Waals surface area contributed by atoms with Gasteiger partial charge in [-0.25, -0.2) is 21.6 Å². The maximum Gasteiger partial charge on any atom is 0.251 e. The Bertz CT molecular complexity index is 1170. The van der Waals surface area contributed by atoms with Gasteiger partial charge in [0.05, 0.1) is 23.0 Å². The Balaban J connectivity index is 1.71. The Hall–Kier alpha value is -2.31. The van der Waals surface area contributed by atoms with E-state index in [0.29, 0.717) is 18.8 Å². The van der Waals surface area contributed by atoms with Gasteiger partial charge < -0.3 is 10.1 Å². The van der Waals surface area contributed by atoms with Gasteiger partial charge in [0.25, 0.3) is 5.91 Å². The molecule has 0 spiro atoms. The first-order valence-corrected chi connectivity index (χ1v) is 13.1. The molecule has 0 saturated carbocycles. The van der Waals surface area contributed by atoms with E-state index in [0.717, 1.165) is 0 Å². The van der Waals surface area contributed by atoms with Gasteiger partial charge in [0, 0.05) is 31.2 Å². The second-order valence-corrected chi connectivity index (χ2v) is 11.3. The predicted molar refractivity (Wildman–Crippen MR) is 119 cm³/mol. The molecule has 1 heterocycles. The van der Waals surface area contributed by atoms with Gasteiger partial charge in [0.2, 0.25) is 20.0 Å².